The number of methoxy groups -OCH3 is 1. The van der Waals surface area contributed by atoms with E-state index in [0.717, 1.165) is 0 Å². The molecule has 15 heavy (non-hydrogen) atoms. The van der Waals surface area contributed by atoms with Crippen molar-refractivity contribution in [2.75, 3.05) is 7.11 Å². The number of rotatable bonds is 4. The SMILES string of the molecule is COc1ccc([C@@H](C)CC(=O)O)cc1F. The second-order valence-electron chi connectivity index (χ2n) is 3.39. The molecule has 0 saturated carbocycles. The molecule has 3 nitrogen and oxygen atoms in total. The highest BCUT2D eigenvalue weighted by Crippen LogP contribution is 2.24. The fourth-order valence-electron chi connectivity index (χ4n) is 1.37. The number of carboxylic acids is 1. The van der Waals surface area contributed by atoms with E-state index < -0.39 is 11.8 Å². The fraction of sp³-hybridized carbons (Fsp3) is 0.364. The van der Waals surface area contributed by atoms with Gasteiger partial charge >= 0.3 is 5.97 Å². The summed E-state index contributed by atoms with van der Waals surface area (Å²) in [5, 5.41) is 8.60. The Hall–Kier alpha value is -1.58. The first-order chi connectivity index (χ1) is 7.04. The quantitative estimate of drug-likeness (QED) is 0.833. The summed E-state index contributed by atoms with van der Waals surface area (Å²) in [6, 6.07) is 4.49. The van der Waals surface area contributed by atoms with Gasteiger partial charge in [0, 0.05) is 0 Å². The number of benzene rings is 1. The number of aliphatic carboxylic acids is 1. The highest BCUT2D eigenvalue weighted by molar-refractivity contribution is 5.68. The number of hydrogen-bond acceptors (Lipinski definition) is 2. The molecule has 0 unspecified atom stereocenters. The first kappa shape index (κ1) is 11.5. The van der Waals surface area contributed by atoms with E-state index in [-0.39, 0.29) is 18.1 Å². The van der Waals surface area contributed by atoms with Gasteiger partial charge in [-0.15, -0.1) is 0 Å². The predicted molar refractivity (Wildman–Crippen MR) is 53.6 cm³/mol. The van der Waals surface area contributed by atoms with Gasteiger partial charge in [-0.2, -0.15) is 0 Å². The molecule has 0 aliphatic heterocycles. The third kappa shape index (κ3) is 2.94. The maximum absolute atomic E-state index is 13.3. The monoisotopic (exact) mass is 212 g/mol. The van der Waals surface area contributed by atoms with Crippen molar-refractivity contribution in [3.63, 3.8) is 0 Å². The number of halogens is 1. The van der Waals surface area contributed by atoms with Crippen LogP contribution >= 0.6 is 0 Å². The lowest BCUT2D eigenvalue weighted by atomic mass is 9.98. The maximum Gasteiger partial charge on any atom is 0.303 e. The number of hydrogen-bond donors (Lipinski definition) is 1. The Morgan fingerprint density at radius 2 is 2.27 bits per heavy atom. The summed E-state index contributed by atoms with van der Waals surface area (Å²) < 4.78 is 18.0. The minimum absolute atomic E-state index is 0.00817. The van der Waals surface area contributed by atoms with Crippen LogP contribution in [0.15, 0.2) is 18.2 Å². The van der Waals surface area contributed by atoms with Crippen LogP contribution in [0.4, 0.5) is 4.39 Å². The van der Waals surface area contributed by atoms with Crippen LogP contribution < -0.4 is 4.74 Å². The van der Waals surface area contributed by atoms with Crippen molar-refractivity contribution >= 4 is 5.97 Å². The third-order valence-electron chi connectivity index (χ3n) is 2.23. The molecule has 0 aromatic heterocycles. The van der Waals surface area contributed by atoms with E-state index in [1.54, 1.807) is 13.0 Å². The second-order valence-corrected chi connectivity index (χ2v) is 3.39. The summed E-state index contributed by atoms with van der Waals surface area (Å²) >= 11 is 0. The fourth-order valence-corrected chi connectivity index (χ4v) is 1.37. The molecule has 4 heteroatoms. The Morgan fingerprint density at radius 3 is 2.73 bits per heavy atom. The van der Waals surface area contributed by atoms with Gasteiger partial charge in [-0.1, -0.05) is 13.0 Å². The largest absolute Gasteiger partial charge is 0.494 e. The third-order valence-corrected chi connectivity index (χ3v) is 2.23. The zero-order chi connectivity index (χ0) is 11.4. The van der Waals surface area contributed by atoms with Gasteiger partial charge in [0.1, 0.15) is 0 Å². The summed E-state index contributed by atoms with van der Waals surface area (Å²) in [5.41, 5.74) is 0.663. The molecule has 0 radical (unpaired) electrons. The number of carbonyl (C=O) groups is 1. The van der Waals surface area contributed by atoms with Gasteiger partial charge in [0.2, 0.25) is 0 Å². The van der Waals surface area contributed by atoms with Gasteiger partial charge in [-0.25, -0.2) is 4.39 Å². The van der Waals surface area contributed by atoms with Crippen LogP contribution in [0.2, 0.25) is 0 Å². The topological polar surface area (TPSA) is 46.5 Å². The highest BCUT2D eigenvalue weighted by Gasteiger charge is 2.12. The Morgan fingerprint density at radius 1 is 1.60 bits per heavy atom. The van der Waals surface area contributed by atoms with Crippen LogP contribution in [0, 0.1) is 5.82 Å². The van der Waals surface area contributed by atoms with E-state index in [1.165, 1.54) is 19.2 Å². The molecular weight excluding hydrogens is 199 g/mol. The van der Waals surface area contributed by atoms with E-state index in [2.05, 4.69) is 0 Å². The van der Waals surface area contributed by atoms with Gasteiger partial charge in [-0.3, -0.25) is 4.79 Å². The average Bonchev–Trinajstić information content (AvgIpc) is 2.16. The molecule has 0 fully saturated rings. The standard InChI is InChI=1S/C11H13FO3/c1-7(5-11(13)14)8-3-4-10(15-2)9(12)6-8/h3-4,6-7H,5H2,1-2H3,(H,13,14)/t7-/m0/s1. The first-order valence-electron chi connectivity index (χ1n) is 4.59. The van der Waals surface area contributed by atoms with E-state index in [0.29, 0.717) is 5.56 Å². The minimum Gasteiger partial charge on any atom is -0.494 e. The summed E-state index contributed by atoms with van der Waals surface area (Å²) in [4.78, 5) is 10.5. The summed E-state index contributed by atoms with van der Waals surface area (Å²) in [5.74, 6) is -1.39. The van der Waals surface area contributed by atoms with Crippen LogP contribution in [0.1, 0.15) is 24.8 Å². The molecule has 0 saturated heterocycles. The van der Waals surface area contributed by atoms with Crippen molar-refractivity contribution in [1.29, 1.82) is 0 Å². The van der Waals surface area contributed by atoms with Crippen molar-refractivity contribution in [2.24, 2.45) is 0 Å². The molecular formula is C11H13FO3. The Balaban J connectivity index is 2.87. The van der Waals surface area contributed by atoms with Gasteiger partial charge in [0.25, 0.3) is 0 Å². The molecule has 0 amide bonds. The number of ether oxygens (including phenoxy) is 1. The molecule has 82 valence electrons. The first-order valence-corrected chi connectivity index (χ1v) is 4.59. The van der Waals surface area contributed by atoms with Crippen molar-refractivity contribution in [3.05, 3.63) is 29.6 Å². The van der Waals surface area contributed by atoms with Crippen molar-refractivity contribution in [2.45, 2.75) is 19.3 Å². The molecule has 1 rings (SSSR count). The predicted octanol–water partition coefficient (Wildman–Crippen LogP) is 2.41. The normalized spacial score (nSPS) is 12.2. The highest BCUT2D eigenvalue weighted by atomic mass is 19.1. The van der Waals surface area contributed by atoms with Crippen molar-refractivity contribution in [3.8, 4) is 5.75 Å². The lowest BCUT2D eigenvalue weighted by molar-refractivity contribution is -0.137. The Kier molecular flexibility index (Phi) is 3.66. The molecule has 0 aliphatic rings. The average molecular weight is 212 g/mol. The van der Waals surface area contributed by atoms with E-state index in [9.17, 15) is 9.18 Å². The minimum atomic E-state index is -0.890. The molecule has 1 atom stereocenters. The lowest BCUT2D eigenvalue weighted by Crippen LogP contribution is -2.03. The van der Waals surface area contributed by atoms with Crippen LogP contribution in [-0.2, 0) is 4.79 Å². The van der Waals surface area contributed by atoms with Crippen LogP contribution in [0.3, 0.4) is 0 Å². The molecule has 1 aromatic rings. The second kappa shape index (κ2) is 4.77. The molecule has 1 aromatic carbocycles. The van der Waals surface area contributed by atoms with Gasteiger partial charge in [-0.05, 0) is 23.6 Å². The van der Waals surface area contributed by atoms with Gasteiger partial charge < -0.3 is 9.84 Å². The molecule has 1 N–H and O–H groups in total. The zero-order valence-corrected chi connectivity index (χ0v) is 8.66. The molecule has 0 spiro atoms. The van der Waals surface area contributed by atoms with Gasteiger partial charge in [0.15, 0.2) is 11.6 Å². The van der Waals surface area contributed by atoms with Gasteiger partial charge in [0.05, 0.1) is 13.5 Å². The molecule has 0 aliphatic carbocycles. The maximum atomic E-state index is 13.3. The Bertz CT molecular complexity index is 363. The smallest absolute Gasteiger partial charge is 0.303 e. The van der Waals surface area contributed by atoms with Crippen LogP contribution in [-0.4, -0.2) is 18.2 Å². The van der Waals surface area contributed by atoms with Crippen molar-refractivity contribution < 1.29 is 19.0 Å². The summed E-state index contributed by atoms with van der Waals surface area (Å²) in [6.07, 6.45) is -0.00817. The van der Waals surface area contributed by atoms with Crippen LogP contribution in [0.5, 0.6) is 5.75 Å². The molecule has 0 bridgehead atoms. The Labute approximate surface area is 87.5 Å². The van der Waals surface area contributed by atoms with Crippen molar-refractivity contribution in [1.82, 2.24) is 0 Å². The van der Waals surface area contributed by atoms with E-state index >= 15 is 0 Å². The zero-order valence-electron chi connectivity index (χ0n) is 8.66. The number of carboxylic acid groups (broad SMARTS) is 1. The summed E-state index contributed by atoms with van der Waals surface area (Å²) in [6.45, 7) is 1.75. The summed E-state index contributed by atoms with van der Waals surface area (Å²) in [7, 11) is 1.39. The lowest BCUT2D eigenvalue weighted by Gasteiger charge is -2.10. The van der Waals surface area contributed by atoms with E-state index in [1.807, 2.05) is 0 Å². The van der Waals surface area contributed by atoms with E-state index in [4.69, 9.17) is 9.84 Å². The molecule has 0 heterocycles. The van der Waals surface area contributed by atoms with Crippen LogP contribution in [0.25, 0.3) is 0 Å².